The molecule has 1 aliphatic heterocycles. The van der Waals surface area contributed by atoms with Gasteiger partial charge in [0.05, 0.1) is 30.2 Å². The number of carbonyl (C=O) groups excluding carboxylic acids is 1. The van der Waals surface area contributed by atoms with E-state index in [0.29, 0.717) is 25.0 Å². The summed E-state index contributed by atoms with van der Waals surface area (Å²) in [5.74, 6) is 0.532. The van der Waals surface area contributed by atoms with Crippen LogP contribution in [0.5, 0.6) is 5.75 Å². The first kappa shape index (κ1) is 22.6. The first-order valence-corrected chi connectivity index (χ1v) is 11.0. The molecule has 158 valence electrons. The van der Waals surface area contributed by atoms with Crippen LogP contribution < -0.4 is 15.8 Å². The molecule has 28 heavy (non-hydrogen) atoms. The van der Waals surface area contributed by atoms with Gasteiger partial charge in [0.15, 0.2) is 0 Å². The first-order valence-electron chi connectivity index (χ1n) is 9.53. The fourth-order valence-corrected chi connectivity index (χ4v) is 4.79. The minimum absolute atomic E-state index is 0.0846. The zero-order valence-electron chi connectivity index (χ0n) is 16.7. The molecule has 0 radical (unpaired) electrons. The lowest BCUT2D eigenvalue weighted by molar-refractivity contribution is -0.124. The predicted molar refractivity (Wildman–Crippen MR) is 106 cm³/mol. The van der Waals surface area contributed by atoms with E-state index in [-0.39, 0.29) is 29.8 Å². The second-order valence-corrected chi connectivity index (χ2v) is 9.54. The molecule has 3 atom stereocenters. The third-order valence-electron chi connectivity index (χ3n) is 4.86. The average Bonchev–Trinajstić information content (AvgIpc) is 2.83. The normalized spacial score (nSPS) is 22.5. The topological polar surface area (TPSA) is 122 Å². The van der Waals surface area contributed by atoms with Crippen LogP contribution in [0.25, 0.3) is 0 Å². The summed E-state index contributed by atoms with van der Waals surface area (Å²) in [5, 5.41) is 13.3. The quantitative estimate of drug-likeness (QED) is 0.605. The number of methoxy groups -OCH3 is 1. The van der Waals surface area contributed by atoms with Crippen LogP contribution in [0.2, 0.25) is 0 Å². The number of β-amino-alcohol motifs (C(OH)–C–C–N with tert-alkyl or cyclic N) is 1. The Morgan fingerprint density at radius 1 is 1.36 bits per heavy atom. The maximum Gasteiger partial charge on any atom is 0.243 e. The molecule has 1 aliphatic rings. The molecule has 1 amide bonds. The van der Waals surface area contributed by atoms with Crippen molar-refractivity contribution in [1.29, 1.82) is 0 Å². The number of carbonyl (C=O) groups is 1. The number of benzene rings is 1. The highest BCUT2D eigenvalue weighted by molar-refractivity contribution is 7.89. The summed E-state index contributed by atoms with van der Waals surface area (Å²) >= 11 is 0. The van der Waals surface area contributed by atoms with Crippen molar-refractivity contribution in [2.75, 3.05) is 20.2 Å². The fraction of sp³-hybridized carbons (Fsp3) is 0.632. The van der Waals surface area contributed by atoms with E-state index in [0.717, 1.165) is 0 Å². The first-order chi connectivity index (χ1) is 13.1. The van der Waals surface area contributed by atoms with Gasteiger partial charge in [0, 0.05) is 13.1 Å². The van der Waals surface area contributed by atoms with Gasteiger partial charge in [0.1, 0.15) is 5.75 Å². The van der Waals surface area contributed by atoms with Gasteiger partial charge in [-0.2, -0.15) is 4.31 Å². The van der Waals surface area contributed by atoms with Crippen molar-refractivity contribution < 1.29 is 23.1 Å². The molecule has 1 aromatic carbocycles. The molecule has 1 aromatic rings. The largest absolute Gasteiger partial charge is 0.497 e. The number of hydrogen-bond donors (Lipinski definition) is 3. The summed E-state index contributed by atoms with van der Waals surface area (Å²) in [6, 6.07) is 4.96. The lowest BCUT2D eigenvalue weighted by Crippen LogP contribution is -2.51. The van der Waals surface area contributed by atoms with Crippen molar-refractivity contribution >= 4 is 15.9 Å². The Morgan fingerprint density at radius 3 is 2.57 bits per heavy atom. The molecule has 4 N–H and O–H groups in total. The van der Waals surface area contributed by atoms with Gasteiger partial charge < -0.3 is 20.9 Å². The summed E-state index contributed by atoms with van der Waals surface area (Å²) in [6.07, 6.45) is 0.546. The van der Waals surface area contributed by atoms with Crippen LogP contribution in [-0.2, 0) is 14.8 Å². The number of nitrogens with zero attached hydrogens (tertiary/aromatic N) is 1. The van der Waals surface area contributed by atoms with Gasteiger partial charge in [-0.05, 0) is 49.4 Å². The van der Waals surface area contributed by atoms with Crippen molar-refractivity contribution in [1.82, 2.24) is 9.62 Å². The highest BCUT2D eigenvalue weighted by Crippen LogP contribution is 2.23. The molecule has 0 aliphatic carbocycles. The van der Waals surface area contributed by atoms with E-state index in [2.05, 4.69) is 5.32 Å². The smallest absolute Gasteiger partial charge is 0.243 e. The Labute approximate surface area is 167 Å². The lowest BCUT2D eigenvalue weighted by atomic mass is 10.0. The van der Waals surface area contributed by atoms with Crippen molar-refractivity contribution in [3.05, 3.63) is 24.3 Å². The Hall–Kier alpha value is -1.68. The van der Waals surface area contributed by atoms with Gasteiger partial charge in [-0.1, -0.05) is 13.8 Å². The Bertz CT molecular complexity index is 751. The van der Waals surface area contributed by atoms with Crippen molar-refractivity contribution in [2.45, 2.75) is 56.2 Å². The van der Waals surface area contributed by atoms with Gasteiger partial charge in [0.2, 0.25) is 15.9 Å². The predicted octanol–water partition coefficient (Wildman–Crippen LogP) is 0.699. The van der Waals surface area contributed by atoms with Gasteiger partial charge >= 0.3 is 0 Å². The Balaban J connectivity index is 2.06. The molecule has 2 rings (SSSR count). The number of rotatable bonds is 7. The molecular weight excluding hydrogens is 382 g/mol. The average molecular weight is 414 g/mol. The SMILES string of the molecule is COc1ccc(S(=O)(=O)N2CCCC(NC(=O)[C@@H](N)CC(C)C)C(O)C2)cc1. The van der Waals surface area contributed by atoms with E-state index in [9.17, 15) is 18.3 Å². The molecule has 0 bridgehead atoms. The maximum absolute atomic E-state index is 12.9. The molecule has 1 heterocycles. The fourth-order valence-electron chi connectivity index (χ4n) is 3.30. The van der Waals surface area contributed by atoms with Crippen LogP contribution in [0.15, 0.2) is 29.2 Å². The summed E-state index contributed by atoms with van der Waals surface area (Å²) in [4.78, 5) is 12.4. The van der Waals surface area contributed by atoms with E-state index in [1.54, 1.807) is 12.1 Å². The monoisotopic (exact) mass is 413 g/mol. The molecule has 9 heteroatoms. The van der Waals surface area contributed by atoms with Gasteiger partial charge in [0.25, 0.3) is 0 Å². The van der Waals surface area contributed by atoms with Crippen LogP contribution in [-0.4, -0.2) is 62.1 Å². The number of nitrogens with two attached hydrogens (primary N) is 1. The Morgan fingerprint density at radius 2 is 2.00 bits per heavy atom. The van der Waals surface area contributed by atoms with E-state index in [1.165, 1.54) is 23.5 Å². The molecule has 0 saturated carbocycles. The van der Waals surface area contributed by atoms with E-state index >= 15 is 0 Å². The third-order valence-corrected chi connectivity index (χ3v) is 6.74. The second kappa shape index (κ2) is 9.69. The van der Waals surface area contributed by atoms with Crippen LogP contribution in [0.3, 0.4) is 0 Å². The number of hydrogen-bond acceptors (Lipinski definition) is 6. The highest BCUT2D eigenvalue weighted by atomic mass is 32.2. The molecule has 2 unspecified atom stereocenters. The van der Waals surface area contributed by atoms with Gasteiger partial charge in [-0.25, -0.2) is 8.42 Å². The number of nitrogens with one attached hydrogen (secondary N) is 1. The maximum atomic E-state index is 12.9. The van der Waals surface area contributed by atoms with Crippen LogP contribution >= 0.6 is 0 Å². The zero-order chi connectivity index (χ0) is 20.9. The zero-order valence-corrected chi connectivity index (χ0v) is 17.5. The molecule has 1 saturated heterocycles. The molecule has 8 nitrogen and oxygen atoms in total. The summed E-state index contributed by atoms with van der Waals surface area (Å²) in [5.41, 5.74) is 5.91. The second-order valence-electron chi connectivity index (χ2n) is 7.60. The number of sulfonamides is 1. The van der Waals surface area contributed by atoms with Crippen LogP contribution in [0, 0.1) is 5.92 Å². The lowest BCUT2D eigenvalue weighted by Gasteiger charge is -2.26. The standard InChI is InChI=1S/C19H31N3O5S/c1-13(2)11-16(20)19(24)21-17-5-4-10-22(12-18(17)23)28(25,26)15-8-6-14(27-3)7-9-15/h6-9,13,16-18,23H,4-5,10-12,20H2,1-3H3,(H,21,24)/t16-,17?,18?/m0/s1. The third kappa shape index (κ3) is 5.66. The van der Waals surface area contributed by atoms with Crippen molar-refractivity contribution in [3.8, 4) is 5.75 Å². The minimum Gasteiger partial charge on any atom is -0.497 e. The van der Waals surface area contributed by atoms with E-state index in [4.69, 9.17) is 10.5 Å². The van der Waals surface area contributed by atoms with Crippen LogP contribution in [0.4, 0.5) is 0 Å². The molecular formula is C19H31N3O5S. The van der Waals surface area contributed by atoms with Crippen molar-refractivity contribution in [3.63, 3.8) is 0 Å². The minimum atomic E-state index is -3.75. The summed E-state index contributed by atoms with van der Waals surface area (Å²) < 4.78 is 32.1. The number of amides is 1. The van der Waals surface area contributed by atoms with Crippen molar-refractivity contribution in [2.24, 2.45) is 11.7 Å². The van der Waals surface area contributed by atoms with Crippen LogP contribution in [0.1, 0.15) is 33.1 Å². The number of aliphatic hydroxyl groups excluding tert-OH is 1. The molecule has 1 fully saturated rings. The highest BCUT2D eigenvalue weighted by Gasteiger charge is 2.33. The molecule has 0 spiro atoms. The summed E-state index contributed by atoms with van der Waals surface area (Å²) in [7, 11) is -2.24. The van der Waals surface area contributed by atoms with E-state index < -0.39 is 28.2 Å². The number of ether oxygens (including phenoxy) is 1. The van der Waals surface area contributed by atoms with Gasteiger partial charge in [-0.3, -0.25) is 4.79 Å². The number of aliphatic hydroxyl groups is 1. The van der Waals surface area contributed by atoms with E-state index in [1.807, 2.05) is 13.8 Å². The molecule has 0 aromatic heterocycles. The van der Waals surface area contributed by atoms with Gasteiger partial charge in [-0.15, -0.1) is 0 Å². The summed E-state index contributed by atoms with van der Waals surface area (Å²) in [6.45, 7) is 4.15. The Kier molecular flexibility index (Phi) is 7.82.